The van der Waals surface area contributed by atoms with Crippen LogP contribution in [0.1, 0.15) is 0 Å². The molecule has 0 bridgehead atoms. The second-order valence-electron chi connectivity index (χ2n) is 3.11. The maximum Gasteiger partial charge on any atom is 0.0659 e. The molecule has 1 nitrogen and oxygen atoms in total. The van der Waals surface area contributed by atoms with Gasteiger partial charge in [-0.3, -0.25) is 0 Å². The second kappa shape index (κ2) is 3.71. The minimum atomic E-state index is 0. The van der Waals surface area contributed by atoms with Gasteiger partial charge in [0.2, 0.25) is 0 Å². The van der Waals surface area contributed by atoms with E-state index in [-0.39, 0.29) is 12.4 Å². The minimum absolute atomic E-state index is 0. The number of nitrogens with zero attached hydrogens (tertiary/aromatic N) is 1. The Kier molecular flexibility index (Phi) is 2.57. The number of thioether (sulfide) groups is 1. The largest absolute Gasteiger partial charge is 0.323 e. The van der Waals surface area contributed by atoms with E-state index in [1.165, 1.54) is 15.8 Å². The molecule has 0 radical (unpaired) electrons. The van der Waals surface area contributed by atoms with Gasteiger partial charge in [-0.05, 0) is 12.1 Å². The summed E-state index contributed by atoms with van der Waals surface area (Å²) in [5, 5.41) is 1.33. The molecule has 72 valence electrons. The fourth-order valence-electron chi connectivity index (χ4n) is 1.72. The molecule has 1 aliphatic heterocycles. The van der Waals surface area contributed by atoms with Crippen LogP contribution in [0.2, 0.25) is 0 Å². The van der Waals surface area contributed by atoms with Gasteiger partial charge in [0.25, 0.3) is 0 Å². The molecule has 0 unspecified atom stereocenters. The van der Waals surface area contributed by atoms with Crippen molar-refractivity contribution in [3.8, 4) is 0 Å². The standard InChI is InChI=1S/C11H9NS.ClH/c1-3-9-5-7-12-6-2-8-13-10(4-1)11(9)12;/h1-7H,8H2;1H. The highest BCUT2D eigenvalue weighted by Gasteiger charge is 2.06. The van der Waals surface area contributed by atoms with Crippen LogP contribution in [-0.4, -0.2) is 10.3 Å². The summed E-state index contributed by atoms with van der Waals surface area (Å²) in [6, 6.07) is 8.64. The van der Waals surface area contributed by atoms with E-state index in [9.17, 15) is 0 Å². The van der Waals surface area contributed by atoms with Gasteiger partial charge in [-0.1, -0.05) is 18.2 Å². The maximum atomic E-state index is 2.20. The fraction of sp³-hybridized carbons (Fsp3) is 0.0909. The lowest BCUT2D eigenvalue weighted by molar-refractivity contribution is 1.20. The molecule has 0 atom stereocenters. The van der Waals surface area contributed by atoms with E-state index in [0.717, 1.165) is 5.75 Å². The Labute approximate surface area is 93.2 Å². The molecule has 3 heteroatoms. The summed E-state index contributed by atoms with van der Waals surface area (Å²) in [5.74, 6) is 1.07. The second-order valence-corrected chi connectivity index (χ2v) is 4.17. The first-order valence-corrected chi connectivity index (χ1v) is 5.33. The molecule has 0 saturated carbocycles. The van der Waals surface area contributed by atoms with E-state index < -0.39 is 0 Å². The van der Waals surface area contributed by atoms with Gasteiger partial charge in [0.1, 0.15) is 0 Å². The van der Waals surface area contributed by atoms with E-state index in [1.807, 2.05) is 11.8 Å². The molecule has 0 spiro atoms. The van der Waals surface area contributed by atoms with Crippen LogP contribution in [-0.2, 0) is 0 Å². The highest BCUT2D eigenvalue weighted by atomic mass is 35.5. The zero-order chi connectivity index (χ0) is 8.67. The number of benzene rings is 1. The molecule has 3 rings (SSSR count). The summed E-state index contributed by atoms with van der Waals surface area (Å²) in [4.78, 5) is 1.38. The van der Waals surface area contributed by atoms with Crippen LogP contribution in [0.4, 0.5) is 0 Å². The normalized spacial score (nSPS) is 13.7. The monoisotopic (exact) mass is 223 g/mol. The molecule has 1 aliphatic rings. The van der Waals surface area contributed by atoms with Crippen molar-refractivity contribution in [3.63, 3.8) is 0 Å². The van der Waals surface area contributed by atoms with Crippen LogP contribution in [0.5, 0.6) is 0 Å². The molecule has 0 fully saturated rings. The molecule has 0 N–H and O–H groups in total. The van der Waals surface area contributed by atoms with Crippen molar-refractivity contribution < 1.29 is 0 Å². The first kappa shape index (κ1) is 9.69. The molecule has 1 aromatic carbocycles. The summed E-state index contributed by atoms with van der Waals surface area (Å²) in [6.07, 6.45) is 6.46. The Morgan fingerprint density at radius 3 is 3.07 bits per heavy atom. The van der Waals surface area contributed by atoms with Gasteiger partial charge < -0.3 is 4.57 Å². The average Bonchev–Trinajstić information content (AvgIpc) is 2.44. The summed E-state index contributed by atoms with van der Waals surface area (Å²) >= 11 is 1.90. The lowest BCUT2D eigenvalue weighted by atomic mass is 10.2. The van der Waals surface area contributed by atoms with Crippen molar-refractivity contribution in [2.75, 3.05) is 5.75 Å². The molecule has 2 aromatic rings. The van der Waals surface area contributed by atoms with Crippen molar-refractivity contribution in [2.45, 2.75) is 4.90 Å². The van der Waals surface area contributed by atoms with Crippen LogP contribution in [0.15, 0.2) is 41.4 Å². The highest BCUT2D eigenvalue weighted by Crippen LogP contribution is 2.30. The van der Waals surface area contributed by atoms with Gasteiger partial charge in [0.05, 0.1) is 5.52 Å². The average molecular weight is 224 g/mol. The fourth-order valence-corrected chi connectivity index (χ4v) is 2.62. The Hall–Kier alpha value is -0.860. The van der Waals surface area contributed by atoms with Crippen LogP contribution in [0.25, 0.3) is 17.1 Å². The molecular formula is C11H10ClNS. The van der Waals surface area contributed by atoms with Gasteiger partial charge in [-0.2, -0.15) is 0 Å². The number of halogens is 1. The molecule has 1 aromatic heterocycles. The van der Waals surface area contributed by atoms with Crippen LogP contribution >= 0.6 is 24.2 Å². The quantitative estimate of drug-likeness (QED) is 0.660. The molecular weight excluding hydrogens is 214 g/mol. The first-order chi connectivity index (χ1) is 6.45. The molecule has 0 aliphatic carbocycles. The Bertz CT molecular complexity index is 487. The molecule has 0 amide bonds. The van der Waals surface area contributed by atoms with Gasteiger partial charge in [-0.15, -0.1) is 24.2 Å². The van der Waals surface area contributed by atoms with E-state index in [4.69, 9.17) is 0 Å². The summed E-state index contributed by atoms with van der Waals surface area (Å²) in [5.41, 5.74) is 1.35. The number of hydrogen-bond acceptors (Lipinski definition) is 1. The zero-order valence-electron chi connectivity index (χ0n) is 7.51. The van der Waals surface area contributed by atoms with E-state index in [2.05, 4.69) is 47.3 Å². The van der Waals surface area contributed by atoms with Gasteiger partial charge in [0.15, 0.2) is 0 Å². The highest BCUT2D eigenvalue weighted by molar-refractivity contribution is 7.99. The topological polar surface area (TPSA) is 4.93 Å². The predicted molar refractivity (Wildman–Crippen MR) is 65.2 cm³/mol. The van der Waals surface area contributed by atoms with Crippen molar-refractivity contribution in [1.82, 2.24) is 4.57 Å². The molecule has 0 saturated heterocycles. The summed E-state index contributed by atoms with van der Waals surface area (Å²) in [7, 11) is 0. The van der Waals surface area contributed by atoms with Crippen molar-refractivity contribution in [1.29, 1.82) is 0 Å². The molecule has 2 heterocycles. The van der Waals surface area contributed by atoms with Gasteiger partial charge in [0, 0.05) is 28.4 Å². The first-order valence-electron chi connectivity index (χ1n) is 4.34. The summed E-state index contributed by atoms with van der Waals surface area (Å²) < 4.78 is 2.20. The van der Waals surface area contributed by atoms with E-state index in [1.54, 1.807) is 0 Å². The minimum Gasteiger partial charge on any atom is -0.323 e. The number of aromatic nitrogens is 1. The lowest BCUT2D eigenvalue weighted by Crippen LogP contribution is -1.82. The molecule has 14 heavy (non-hydrogen) atoms. The van der Waals surface area contributed by atoms with Crippen molar-refractivity contribution in [3.05, 3.63) is 36.5 Å². The van der Waals surface area contributed by atoms with Crippen LogP contribution in [0.3, 0.4) is 0 Å². The Balaban J connectivity index is 0.000000750. The smallest absolute Gasteiger partial charge is 0.0659 e. The SMILES string of the molecule is C1=Cn2ccc3cccc(c32)SC1.Cl. The number of rotatable bonds is 0. The Morgan fingerprint density at radius 1 is 1.21 bits per heavy atom. The van der Waals surface area contributed by atoms with E-state index in [0.29, 0.717) is 0 Å². The van der Waals surface area contributed by atoms with E-state index >= 15 is 0 Å². The predicted octanol–water partition coefficient (Wildman–Crippen LogP) is 3.64. The maximum absolute atomic E-state index is 2.20. The van der Waals surface area contributed by atoms with Crippen molar-refractivity contribution >= 4 is 41.3 Å². The number of para-hydroxylation sites is 1. The Morgan fingerprint density at radius 2 is 2.14 bits per heavy atom. The summed E-state index contributed by atoms with van der Waals surface area (Å²) in [6.45, 7) is 0. The number of hydrogen-bond donors (Lipinski definition) is 0. The zero-order valence-corrected chi connectivity index (χ0v) is 9.15. The van der Waals surface area contributed by atoms with Crippen LogP contribution < -0.4 is 0 Å². The third kappa shape index (κ3) is 1.35. The third-order valence-electron chi connectivity index (χ3n) is 2.30. The van der Waals surface area contributed by atoms with Crippen LogP contribution in [0, 0.1) is 0 Å². The van der Waals surface area contributed by atoms with Gasteiger partial charge in [-0.25, -0.2) is 0 Å². The van der Waals surface area contributed by atoms with Crippen molar-refractivity contribution in [2.24, 2.45) is 0 Å². The third-order valence-corrected chi connectivity index (χ3v) is 3.30. The lowest BCUT2D eigenvalue weighted by Gasteiger charge is -2.00. The van der Waals surface area contributed by atoms with Gasteiger partial charge >= 0.3 is 0 Å².